The summed E-state index contributed by atoms with van der Waals surface area (Å²) in [5, 5.41) is 3.58. The molecule has 0 heterocycles. The lowest BCUT2D eigenvalue weighted by molar-refractivity contribution is 0.412. The van der Waals surface area contributed by atoms with E-state index in [1.54, 1.807) is 16.7 Å². The summed E-state index contributed by atoms with van der Waals surface area (Å²) in [6, 6.07) is 9.55. The van der Waals surface area contributed by atoms with Crippen LogP contribution in [-0.4, -0.2) is 13.1 Å². The van der Waals surface area contributed by atoms with Gasteiger partial charge in [0.2, 0.25) is 0 Å². The molecule has 0 spiro atoms. The Bertz CT molecular complexity index is 422. The SMILES string of the molecule is CNC(C1=CCCCC1)C1Cc2ccccc2C1. The highest BCUT2D eigenvalue weighted by Gasteiger charge is 2.29. The number of hydrogen-bond donors (Lipinski definition) is 1. The number of benzene rings is 1. The lowest BCUT2D eigenvalue weighted by Crippen LogP contribution is -2.36. The van der Waals surface area contributed by atoms with Crippen molar-refractivity contribution in [1.29, 1.82) is 0 Å². The van der Waals surface area contributed by atoms with Gasteiger partial charge in [-0.2, -0.15) is 0 Å². The number of likely N-dealkylation sites (N-methyl/N-ethyl adjacent to an activating group) is 1. The van der Waals surface area contributed by atoms with Crippen molar-refractivity contribution in [2.75, 3.05) is 7.05 Å². The molecule has 1 heteroatoms. The minimum Gasteiger partial charge on any atom is -0.313 e. The quantitative estimate of drug-likeness (QED) is 0.799. The van der Waals surface area contributed by atoms with E-state index < -0.39 is 0 Å². The largest absolute Gasteiger partial charge is 0.313 e. The van der Waals surface area contributed by atoms with Crippen LogP contribution < -0.4 is 5.32 Å². The minimum absolute atomic E-state index is 0.595. The molecule has 0 radical (unpaired) electrons. The zero-order valence-corrected chi connectivity index (χ0v) is 11.3. The highest BCUT2D eigenvalue weighted by Crippen LogP contribution is 2.33. The molecule has 96 valence electrons. The third-order valence-electron chi connectivity index (χ3n) is 4.59. The molecule has 1 aromatic carbocycles. The van der Waals surface area contributed by atoms with Gasteiger partial charge in [0.1, 0.15) is 0 Å². The van der Waals surface area contributed by atoms with Gasteiger partial charge in [-0.15, -0.1) is 0 Å². The Morgan fingerprint density at radius 1 is 1.11 bits per heavy atom. The third kappa shape index (κ3) is 2.24. The van der Waals surface area contributed by atoms with Gasteiger partial charge < -0.3 is 5.32 Å². The molecule has 2 aliphatic rings. The van der Waals surface area contributed by atoms with Crippen molar-refractivity contribution >= 4 is 0 Å². The van der Waals surface area contributed by atoms with Gasteiger partial charge in [0.15, 0.2) is 0 Å². The van der Waals surface area contributed by atoms with Crippen molar-refractivity contribution in [2.45, 2.75) is 44.6 Å². The number of fused-ring (bicyclic) bond motifs is 1. The topological polar surface area (TPSA) is 12.0 Å². The molecule has 0 fully saturated rings. The van der Waals surface area contributed by atoms with E-state index in [4.69, 9.17) is 0 Å². The van der Waals surface area contributed by atoms with Gasteiger partial charge in [-0.3, -0.25) is 0 Å². The van der Waals surface area contributed by atoms with Crippen LogP contribution in [-0.2, 0) is 12.8 Å². The van der Waals surface area contributed by atoms with E-state index in [0.717, 1.165) is 5.92 Å². The first kappa shape index (κ1) is 12.0. The Labute approximate surface area is 110 Å². The van der Waals surface area contributed by atoms with E-state index >= 15 is 0 Å². The second-order valence-corrected chi connectivity index (χ2v) is 5.73. The maximum Gasteiger partial charge on any atom is 0.0311 e. The second-order valence-electron chi connectivity index (χ2n) is 5.73. The molecule has 0 saturated carbocycles. The third-order valence-corrected chi connectivity index (χ3v) is 4.59. The van der Waals surface area contributed by atoms with E-state index in [0.29, 0.717) is 6.04 Å². The summed E-state index contributed by atoms with van der Waals surface area (Å²) in [6.45, 7) is 0. The van der Waals surface area contributed by atoms with Gasteiger partial charge >= 0.3 is 0 Å². The van der Waals surface area contributed by atoms with Gasteiger partial charge in [-0.1, -0.05) is 35.9 Å². The number of rotatable bonds is 3. The van der Waals surface area contributed by atoms with E-state index in [2.05, 4.69) is 42.7 Å². The van der Waals surface area contributed by atoms with Gasteiger partial charge in [0, 0.05) is 6.04 Å². The first-order chi connectivity index (χ1) is 8.88. The molecule has 0 bridgehead atoms. The molecule has 2 aliphatic carbocycles. The van der Waals surface area contributed by atoms with Crippen LogP contribution >= 0.6 is 0 Å². The Morgan fingerprint density at radius 2 is 1.83 bits per heavy atom. The Kier molecular flexibility index (Phi) is 3.51. The molecule has 1 nitrogen and oxygen atoms in total. The highest BCUT2D eigenvalue weighted by molar-refractivity contribution is 5.34. The molecule has 3 rings (SSSR count). The molecule has 1 atom stereocenters. The zero-order chi connectivity index (χ0) is 12.4. The number of nitrogens with one attached hydrogen (secondary N) is 1. The van der Waals surface area contributed by atoms with Gasteiger partial charge in [-0.05, 0) is 62.6 Å². The summed E-state index contributed by atoms with van der Waals surface area (Å²) >= 11 is 0. The standard InChI is InChI=1S/C17H23N/c1-18-17(13-7-3-2-4-8-13)16-11-14-9-5-6-10-15(14)12-16/h5-7,9-10,16-18H,2-4,8,11-12H2,1H3. The van der Waals surface area contributed by atoms with Crippen molar-refractivity contribution in [3.8, 4) is 0 Å². The smallest absolute Gasteiger partial charge is 0.0311 e. The Balaban J connectivity index is 1.77. The van der Waals surface area contributed by atoms with Crippen molar-refractivity contribution in [3.05, 3.63) is 47.0 Å². The van der Waals surface area contributed by atoms with Crippen LogP contribution in [0.1, 0.15) is 36.8 Å². The Hall–Kier alpha value is -1.08. The van der Waals surface area contributed by atoms with Crippen LogP contribution in [0, 0.1) is 5.92 Å². The monoisotopic (exact) mass is 241 g/mol. The molecule has 0 saturated heterocycles. The average Bonchev–Trinajstić information content (AvgIpc) is 2.84. The van der Waals surface area contributed by atoms with Crippen molar-refractivity contribution in [3.63, 3.8) is 0 Å². The van der Waals surface area contributed by atoms with E-state index in [1.807, 2.05) is 0 Å². The predicted molar refractivity (Wildman–Crippen MR) is 76.7 cm³/mol. The number of hydrogen-bond acceptors (Lipinski definition) is 1. The first-order valence-corrected chi connectivity index (χ1v) is 7.31. The molecule has 18 heavy (non-hydrogen) atoms. The van der Waals surface area contributed by atoms with E-state index in [1.165, 1.54) is 38.5 Å². The minimum atomic E-state index is 0.595. The molecule has 1 N–H and O–H groups in total. The second kappa shape index (κ2) is 5.27. The van der Waals surface area contributed by atoms with Crippen LogP contribution in [0.15, 0.2) is 35.9 Å². The maximum atomic E-state index is 3.58. The fourth-order valence-corrected chi connectivity index (χ4v) is 3.70. The van der Waals surface area contributed by atoms with Crippen LogP contribution in [0.25, 0.3) is 0 Å². The summed E-state index contributed by atoms with van der Waals surface area (Å²) in [5.74, 6) is 0.761. The van der Waals surface area contributed by atoms with Gasteiger partial charge in [0.05, 0.1) is 0 Å². The lowest BCUT2D eigenvalue weighted by atomic mass is 9.85. The van der Waals surface area contributed by atoms with Crippen molar-refractivity contribution in [1.82, 2.24) is 5.32 Å². The van der Waals surface area contributed by atoms with Gasteiger partial charge in [0.25, 0.3) is 0 Å². The fraction of sp³-hybridized carbons (Fsp3) is 0.529. The van der Waals surface area contributed by atoms with Crippen molar-refractivity contribution in [2.24, 2.45) is 5.92 Å². The summed E-state index contributed by atoms with van der Waals surface area (Å²) < 4.78 is 0. The van der Waals surface area contributed by atoms with Crippen LogP contribution in [0.2, 0.25) is 0 Å². The fourth-order valence-electron chi connectivity index (χ4n) is 3.70. The number of allylic oxidation sites excluding steroid dienone is 1. The summed E-state index contributed by atoms with van der Waals surface area (Å²) in [7, 11) is 2.13. The molecule has 0 aliphatic heterocycles. The van der Waals surface area contributed by atoms with Crippen LogP contribution in [0.5, 0.6) is 0 Å². The summed E-state index contributed by atoms with van der Waals surface area (Å²) in [6.07, 6.45) is 10.3. The molecule has 1 unspecified atom stereocenters. The molecular weight excluding hydrogens is 218 g/mol. The molecule has 0 amide bonds. The predicted octanol–water partition coefficient (Wildman–Crippen LogP) is 3.49. The lowest BCUT2D eigenvalue weighted by Gasteiger charge is -2.28. The highest BCUT2D eigenvalue weighted by atomic mass is 14.9. The zero-order valence-electron chi connectivity index (χ0n) is 11.3. The van der Waals surface area contributed by atoms with Crippen LogP contribution in [0.3, 0.4) is 0 Å². The Morgan fingerprint density at radius 3 is 2.39 bits per heavy atom. The van der Waals surface area contributed by atoms with Gasteiger partial charge in [-0.25, -0.2) is 0 Å². The summed E-state index contributed by atoms with van der Waals surface area (Å²) in [5.41, 5.74) is 4.81. The molecule has 1 aromatic rings. The normalized spacial score (nSPS) is 21.5. The maximum absolute atomic E-state index is 3.58. The van der Waals surface area contributed by atoms with Crippen molar-refractivity contribution < 1.29 is 0 Å². The molecule has 0 aromatic heterocycles. The first-order valence-electron chi connectivity index (χ1n) is 7.31. The van der Waals surface area contributed by atoms with Crippen LogP contribution in [0.4, 0.5) is 0 Å². The van der Waals surface area contributed by atoms with E-state index in [-0.39, 0.29) is 0 Å². The molecular formula is C17H23N. The van der Waals surface area contributed by atoms with E-state index in [9.17, 15) is 0 Å². The average molecular weight is 241 g/mol. The summed E-state index contributed by atoms with van der Waals surface area (Å²) in [4.78, 5) is 0.